The quantitative estimate of drug-likeness (QED) is 0.337. The molecule has 1 aliphatic carbocycles. The first-order chi connectivity index (χ1) is 18.7. The lowest BCUT2D eigenvalue weighted by atomic mass is 9.94. The van der Waals surface area contributed by atoms with Crippen molar-refractivity contribution >= 4 is 28.4 Å². The van der Waals surface area contributed by atoms with Crippen LogP contribution in [0.15, 0.2) is 79.0 Å². The molecule has 1 saturated carbocycles. The molecule has 1 atom stereocenters. The number of fused-ring (bicyclic) bond motifs is 2. The molecule has 38 heavy (non-hydrogen) atoms. The second kappa shape index (κ2) is 10.6. The van der Waals surface area contributed by atoms with Gasteiger partial charge in [-0.1, -0.05) is 67.8 Å². The monoisotopic (exact) mass is 509 g/mol. The predicted octanol–water partition coefficient (Wildman–Crippen LogP) is 5.66. The number of nitrogens with zero attached hydrogens (tertiary/aromatic N) is 1. The number of hydrogen-bond acceptors (Lipinski definition) is 4. The molecule has 2 heterocycles. The first-order valence-corrected chi connectivity index (χ1v) is 13.3. The summed E-state index contributed by atoms with van der Waals surface area (Å²) in [5.74, 6) is 0.835. The lowest BCUT2D eigenvalue weighted by Gasteiger charge is -2.33. The molecular weight excluding hydrogens is 478 g/mol. The molecule has 6 rings (SSSR count). The van der Waals surface area contributed by atoms with Crippen LogP contribution in [0.3, 0.4) is 0 Å². The van der Waals surface area contributed by atoms with Crippen LogP contribution in [0, 0.1) is 0 Å². The van der Waals surface area contributed by atoms with Crippen molar-refractivity contribution < 1.29 is 19.1 Å². The molecule has 2 aliphatic rings. The summed E-state index contributed by atoms with van der Waals surface area (Å²) < 4.78 is 11.1. The van der Waals surface area contributed by atoms with Crippen LogP contribution in [-0.4, -0.2) is 29.6 Å². The summed E-state index contributed by atoms with van der Waals surface area (Å²) in [5, 5.41) is 4.26. The molecule has 0 saturated heterocycles. The highest BCUT2D eigenvalue weighted by molar-refractivity contribution is 6.03. The number of H-pyrrole nitrogens is 1. The molecule has 1 fully saturated rings. The number of benzene rings is 3. The summed E-state index contributed by atoms with van der Waals surface area (Å²) in [5.41, 5.74) is 3.20. The van der Waals surface area contributed by atoms with Gasteiger partial charge in [-0.15, -0.1) is 0 Å². The van der Waals surface area contributed by atoms with Gasteiger partial charge in [0.05, 0.1) is 6.42 Å². The number of ether oxygens (including phenoxy) is 2. The number of anilines is 1. The van der Waals surface area contributed by atoms with Gasteiger partial charge in [0, 0.05) is 34.9 Å². The van der Waals surface area contributed by atoms with Crippen LogP contribution in [0.25, 0.3) is 10.9 Å². The number of hydrogen-bond donors (Lipinski definition) is 2. The van der Waals surface area contributed by atoms with Crippen molar-refractivity contribution in [3.8, 4) is 11.5 Å². The minimum absolute atomic E-state index is 0.116. The third-order valence-corrected chi connectivity index (χ3v) is 7.49. The average Bonchev–Trinajstić information content (AvgIpc) is 3.59. The van der Waals surface area contributed by atoms with E-state index in [-0.39, 0.29) is 31.1 Å². The minimum atomic E-state index is -0.837. The van der Waals surface area contributed by atoms with Crippen molar-refractivity contribution in [2.45, 2.75) is 50.6 Å². The summed E-state index contributed by atoms with van der Waals surface area (Å²) in [4.78, 5) is 33.1. The normalized spacial score (nSPS) is 15.8. The molecule has 1 aromatic heterocycles. The Morgan fingerprint density at radius 3 is 2.53 bits per heavy atom. The topological polar surface area (TPSA) is 83.7 Å². The van der Waals surface area contributed by atoms with E-state index in [2.05, 4.69) is 10.3 Å². The maximum atomic E-state index is 14.2. The summed E-state index contributed by atoms with van der Waals surface area (Å²) in [6.07, 6.45) is 7.33. The number of aromatic amines is 1. The van der Waals surface area contributed by atoms with E-state index in [0.717, 1.165) is 47.7 Å². The zero-order valence-electron chi connectivity index (χ0n) is 21.2. The van der Waals surface area contributed by atoms with Crippen LogP contribution >= 0.6 is 0 Å². The number of carbonyl (C=O) groups is 2. The van der Waals surface area contributed by atoms with Gasteiger partial charge < -0.3 is 19.8 Å². The van der Waals surface area contributed by atoms with Crippen molar-refractivity contribution in [3.63, 3.8) is 0 Å². The number of nitrogens with one attached hydrogen (secondary N) is 2. The molecule has 4 aromatic rings. The van der Waals surface area contributed by atoms with Crippen molar-refractivity contribution in [2.24, 2.45) is 0 Å². The number of aromatic nitrogens is 1. The van der Waals surface area contributed by atoms with Gasteiger partial charge in [0.1, 0.15) is 6.04 Å². The average molecular weight is 510 g/mol. The summed E-state index contributed by atoms with van der Waals surface area (Å²) in [7, 11) is 0. The summed E-state index contributed by atoms with van der Waals surface area (Å²) >= 11 is 0. The molecule has 194 valence electrons. The number of para-hydroxylation sites is 1. The molecule has 2 N–H and O–H groups in total. The van der Waals surface area contributed by atoms with Crippen molar-refractivity contribution in [2.75, 3.05) is 11.7 Å². The standard InChI is InChI=1S/C31H31N3O4/c35-29(17-22-19-32-26-14-8-7-13-25(22)26)34(24-15-16-27-28(18-24)38-20-37-27)30(21-9-3-1-4-10-21)31(36)33-23-11-5-2-6-12-23/h1,3-4,7-10,13-16,18-19,23,30,32H,2,5-6,11-12,17,20H2,(H,33,36). The maximum Gasteiger partial charge on any atom is 0.248 e. The van der Waals surface area contributed by atoms with E-state index in [4.69, 9.17) is 9.47 Å². The Morgan fingerprint density at radius 1 is 0.921 bits per heavy atom. The molecule has 7 nitrogen and oxygen atoms in total. The van der Waals surface area contributed by atoms with Crippen LogP contribution < -0.4 is 19.7 Å². The van der Waals surface area contributed by atoms with Crippen LogP contribution in [0.2, 0.25) is 0 Å². The third-order valence-electron chi connectivity index (χ3n) is 7.49. The van der Waals surface area contributed by atoms with Crippen molar-refractivity contribution in [1.82, 2.24) is 10.3 Å². The zero-order chi connectivity index (χ0) is 25.9. The van der Waals surface area contributed by atoms with E-state index in [1.54, 1.807) is 17.0 Å². The fraction of sp³-hybridized carbons (Fsp3) is 0.290. The molecule has 0 spiro atoms. The van der Waals surface area contributed by atoms with Crippen LogP contribution in [-0.2, 0) is 16.0 Å². The highest BCUT2D eigenvalue weighted by atomic mass is 16.7. The Morgan fingerprint density at radius 2 is 1.68 bits per heavy atom. The fourth-order valence-corrected chi connectivity index (χ4v) is 5.58. The highest BCUT2D eigenvalue weighted by Gasteiger charge is 2.35. The minimum Gasteiger partial charge on any atom is -0.454 e. The Hall–Kier alpha value is -4.26. The lowest BCUT2D eigenvalue weighted by Crippen LogP contribution is -2.47. The van der Waals surface area contributed by atoms with Gasteiger partial charge in [-0.2, -0.15) is 0 Å². The summed E-state index contributed by atoms with van der Waals surface area (Å²) in [6.45, 7) is 0.131. The Bertz CT molecular complexity index is 1440. The second-order valence-electron chi connectivity index (χ2n) is 9.99. The van der Waals surface area contributed by atoms with E-state index in [1.807, 2.05) is 66.9 Å². The first kappa shape index (κ1) is 24.1. The van der Waals surface area contributed by atoms with Gasteiger partial charge in [-0.05, 0) is 42.2 Å². The van der Waals surface area contributed by atoms with Gasteiger partial charge in [-0.25, -0.2) is 0 Å². The largest absolute Gasteiger partial charge is 0.454 e. The van der Waals surface area contributed by atoms with E-state index < -0.39 is 6.04 Å². The Kier molecular flexibility index (Phi) is 6.73. The highest BCUT2D eigenvalue weighted by Crippen LogP contribution is 2.38. The van der Waals surface area contributed by atoms with Gasteiger partial charge in [-0.3, -0.25) is 14.5 Å². The molecule has 1 aliphatic heterocycles. The van der Waals surface area contributed by atoms with E-state index in [1.165, 1.54) is 6.42 Å². The summed E-state index contributed by atoms with van der Waals surface area (Å²) in [6, 6.07) is 22.1. The first-order valence-electron chi connectivity index (χ1n) is 13.3. The second-order valence-corrected chi connectivity index (χ2v) is 9.99. The zero-order valence-corrected chi connectivity index (χ0v) is 21.2. The molecule has 0 radical (unpaired) electrons. The van der Waals surface area contributed by atoms with Crippen molar-refractivity contribution in [1.29, 1.82) is 0 Å². The molecule has 3 aromatic carbocycles. The molecule has 7 heteroatoms. The van der Waals surface area contributed by atoms with E-state index in [9.17, 15) is 9.59 Å². The molecule has 0 bridgehead atoms. The SMILES string of the molecule is O=C(NC1CCCCC1)C(c1ccccc1)N(C(=O)Cc1c[nH]c2ccccc12)c1ccc2c(c1)OCO2. The smallest absolute Gasteiger partial charge is 0.248 e. The number of rotatable bonds is 7. The van der Waals surface area contributed by atoms with Gasteiger partial charge in [0.2, 0.25) is 18.6 Å². The number of amides is 2. The van der Waals surface area contributed by atoms with Gasteiger partial charge in [0.25, 0.3) is 0 Å². The molecular formula is C31H31N3O4. The Balaban J connectivity index is 1.41. The molecule has 1 unspecified atom stereocenters. The van der Waals surface area contributed by atoms with Crippen LogP contribution in [0.4, 0.5) is 5.69 Å². The Labute approximate surface area is 221 Å². The third kappa shape index (κ3) is 4.84. The number of carbonyl (C=O) groups excluding carboxylic acids is 2. The van der Waals surface area contributed by atoms with Gasteiger partial charge >= 0.3 is 0 Å². The van der Waals surface area contributed by atoms with E-state index >= 15 is 0 Å². The maximum absolute atomic E-state index is 14.2. The van der Waals surface area contributed by atoms with Crippen LogP contribution in [0.1, 0.15) is 49.3 Å². The van der Waals surface area contributed by atoms with Crippen molar-refractivity contribution in [3.05, 3.63) is 90.1 Å². The molecule has 2 amide bonds. The van der Waals surface area contributed by atoms with E-state index in [0.29, 0.717) is 17.2 Å². The lowest BCUT2D eigenvalue weighted by molar-refractivity contribution is -0.127. The van der Waals surface area contributed by atoms with Crippen LogP contribution in [0.5, 0.6) is 11.5 Å². The van der Waals surface area contributed by atoms with Gasteiger partial charge in [0.15, 0.2) is 11.5 Å². The predicted molar refractivity (Wildman–Crippen MR) is 146 cm³/mol. The fourth-order valence-electron chi connectivity index (χ4n) is 5.58.